The first-order chi connectivity index (χ1) is 9.15. The van der Waals surface area contributed by atoms with Crippen LogP contribution in [0.5, 0.6) is 0 Å². The Morgan fingerprint density at radius 1 is 1.37 bits per heavy atom. The summed E-state index contributed by atoms with van der Waals surface area (Å²) in [4.78, 5) is 0. The molecule has 1 aromatic carbocycles. The molecule has 106 valence electrons. The maximum atomic E-state index is 6.21. The van der Waals surface area contributed by atoms with Crippen molar-refractivity contribution < 1.29 is 0 Å². The fraction of sp³-hybridized carbons (Fsp3) is 0.625. The predicted molar refractivity (Wildman–Crippen MR) is 86.6 cm³/mol. The van der Waals surface area contributed by atoms with Gasteiger partial charge in [0.25, 0.3) is 0 Å². The van der Waals surface area contributed by atoms with Crippen LogP contribution in [0.2, 0.25) is 5.02 Å². The molecule has 0 radical (unpaired) electrons. The van der Waals surface area contributed by atoms with Crippen molar-refractivity contribution in [2.45, 2.75) is 45.6 Å². The van der Waals surface area contributed by atoms with Crippen molar-refractivity contribution in [3.63, 3.8) is 0 Å². The van der Waals surface area contributed by atoms with Crippen LogP contribution in [0.4, 0.5) is 0 Å². The molecule has 0 aromatic heterocycles. The van der Waals surface area contributed by atoms with E-state index in [-0.39, 0.29) is 0 Å². The summed E-state index contributed by atoms with van der Waals surface area (Å²) in [6.45, 7) is 4.36. The van der Waals surface area contributed by atoms with Crippen molar-refractivity contribution in [1.82, 2.24) is 5.32 Å². The second kappa shape index (κ2) is 7.66. The maximum absolute atomic E-state index is 6.21. The minimum absolute atomic E-state index is 0.841. The van der Waals surface area contributed by atoms with E-state index in [9.17, 15) is 0 Å². The Labute approximate surface area is 130 Å². The summed E-state index contributed by atoms with van der Waals surface area (Å²) < 4.78 is 1.04. The highest BCUT2D eigenvalue weighted by Crippen LogP contribution is 2.30. The molecule has 2 unspecified atom stereocenters. The van der Waals surface area contributed by atoms with Gasteiger partial charge in [0.05, 0.1) is 0 Å². The van der Waals surface area contributed by atoms with Crippen molar-refractivity contribution >= 4 is 27.5 Å². The number of hydrogen-bond donors (Lipinski definition) is 1. The van der Waals surface area contributed by atoms with Gasteiger partial charge in [-0.25, -0.2) is 0 Å². The zero-order valence-electron chi connectivity index (χ0n) is 11.6. The quantitative estimate of drug-likeness (QED) is 0.704. The van der Waals surface area contributed by atoms with Gasteiger partial charge < -0.3 is 5.32 Å². The summed E-state index contributed by atoms with van der Waals surface area (Å²) >= 11 is 9.64. The Balaban J connectivity index is 1.69. The fourth-order valence-electron chi connectivity index (χ4n) is 3.02. The van der Waals surface area contributed by atoms with Gasteiger partial charge in [-0.3, -0.25) is 0 Å². The minimum atomic E-state index is 0.841. The van der Waals surface area contributed by atoms with Crippen LogP contribution in [0.25, 0.3) is 0 Å². The molecule has 3 heteroatoms. The van der Waals surface area contributed by atoms with E-state index < -0.39 is 0 Å². The maximum Gasteiger partial charge on any atom is 0.0462 e. The molecule has 1 aromatic rings. The first-order valence-electron chi connectivity index (χ1n) is 7.30. The van der Waals surface area contributed by atoms with Gasteiger partial charge in [0.2, 0.25) is 0 Å². The molecular weight excluding hydrogens is 322 g/mol. The lowest BCUT2D eigenvalue weighted by Crippen LogP contribution is -2.21. The Kier molecular flexibility index (Phi) is 6.18. The fourth-order valence-corrected chi connectivity index (χ4v) is 3.76. The van der Waals surface area contributed by atoms with E-state index in [0.29, 0.717) is 0 Å². The normalized spacial score (nSPS) is 23.5. The molecule has 1 aliphatic carbocycles. The lowest BCUT2D eigenvalue weighted by Gasteiger charge is -2.26. The zero-order valence-corrected chi connectivity index (χ0v) is 13.9. The minimum Gasteiger partial charge on any atom is -0.313 e. The molecule has 0 bridgehead atoms. The zero-order chi connectivity index (χ0) is 13.7. The molecular formula is C16H23BrClN. The average Bonchev–Trinajstić information content (AvgIpc) is 2.37. The predicted octanol–water partition coefficient (Wildman–Crippen LogP) is 5.41. The molecule has 2 atom stereocenters. The molecule has 19 heavy (non-hydrogen) atoms. The number of rotatable bonds is 5. The van der Waals surface area contributed by atoms with Crippen LogP contribution in [-0.2, 0) is 6.54 Å². The number of benzene rings is 1. The standard InChI is InChI=1S/C16H23BrClN/c1-12-3-2-4-13(9-12)7-8-19-11-14-5-6-15(17)10-16(14)18/h5-6,10,12-13,19H,2-4,7-9,11H2,1H3. The lowest BCUT2D eigenvalue weighted by molar-refractivity contribution is 0.267. The highest BCUT2D eigenvalue weighted by atomic mass is 79.9. The first kappa shape index (κ1) is 15.3. The van der Waals surface area contributed by atoms with E-state index in [1.54, 1.807) is 0 Å². The Morgan fingerprint density at radius 3 is 2.95 bits per heavy atom. The van der Waals surface area contributed by atoms with Crippen LogP contribution in [0, 0.1) is 11.8 Å². The number of halogens is 2. The van der Waals surface area contributed by atoms with E-state index in [1.165, 1.54) is 37.7 Å². The van der Waals surface area contributed by atoms with E-state index in [0.717, 1.165) is 34.4 Å². The molecule has 0 aliphatic heterocycles. The summed E-state index contributed by atoms with van der Waals surface area (Å²) in [6.07, 6.45) is 6.99. The van der Waals surface area contributed by atoms with Crippen molar-refractivity contribution in [3.05, 3.63) is 33.3 Å². The molecule has 0 amide bonds. The summed E-state index contributed by atoms with van der Waals surface area (Å²) in [5, 5.41) is 4.37. The number of nitrogens with one attached hydrogen (secondary N) is 1. The topological polar surface area (TPSA) is 12.0 Å². The summed E-state index contributed by atoms with van der Waals surface area (Å²) in [5.74, 6) is 1.86. The van der Waals surface area contributed by atoms with Gasteiger partial charge in [-0.15, -0.1) is 0 Å². The third-order valence-electron chi connectivity index (χ3n) is 4.10. The van der Waals surface area contributed by atoms with Crippen LogP contribution >= 0.6 is 27.5 Å². The van der Waals surface area contributed by atoms with Crippen LogP contribution < -0.4 is 5.32 Å². The Morgan fingerprint density at radius 2 is 2.21 bits per heavy atom. The van der Waals surface area contributed by atoms with Crippen LogP contribution in [0.3, 0.4) is 0 Å². The summed E-state index contributed by atoms with van der Waals surface area (Å²) in [5.41, 5.74) is 1.18. The van der Waals surface area contributed by atoms with Gasteiger partial charge in [0, 0.05) is 16.0 Å². The van der Waals surface area contributed by atoms with E-state index >= 15 is 0 Å². The van der Waals surface area contributed by atoms with E-state index in [2.05, 4.69) is 34.2 Å². The lowest BCUT2D eigenvalue weighted by atomic mass is 9.81. The first-order valence-corrected chi connectivity index (χ1v) is 8.47. The van der Waals surface area contributed by atoms with Crippen molar-refractivity contribution in [1.29, 1.82) is 0 Å². The molecule has 1 aliphatic rings. The van der Waals surface area contributed by atoms with Gasteiger partial charge in [0.1, 0.15) is 0 Å². The average molecular weight is 345 g/mol. The van der Waals surface area contributed by atoms with Crippen molar-refractivity contribution in [2.24, 2.45) is 11.8 Å². The van der Waals surface area contributed by atoms with E-state index in [1.807, 2.05) is 12.1 Å². The molecule has 1 nitrogen and oxygen atoms in total. The largest absolute Gasteiger partial charge is 0.313 e. The van der Waals surface area contributed by atoms with Gasteiger partial charge in [-0.1, -0.05) is 59.8 Å². The SMILES string of the molecule is CC1CCCC(CCNCc2ccc(Br)cc2Cl)C1. The summed E-state index contributed by atoms with van der Waals surface area (Å²) in [6, 6.07) is 6.09. The number of hydrogen-bond acceptors (Lipinski definition) is 1. The van der Waals surface area contributed by atoms with Crippen LogP contribution in [-0.4, -0.2) is 6.54 Å². The highest BCUT2D eigenvalue weighted by Gasteiger charge is 2.18. The van der Waals surface area contributed by atoms with Crippen LogP contribution in [0.1, 0.15) is 44.6 Å². The third-order valence-corrected chi connectivity index (χ3v) is 4.95. The smallest absolute Gasteiger partial charge is 0.0462 e. The molecule has 1 N–H and O–H groups in total. The molecule has 0 spiro atoms. The Hall–Kier alpha value is -0.0500. The second-order valence-electron chi connectivity index (χ2n) is 5.84. The van der Waals surface area contributed by atoms with Gasteiger partial charge >= 0.3 is 0 Å². The molecule has 1 fully saturated rings. The third kappa shape index (κ3) is 5.09. The van der Waals surface area contributed by atoms with Gasteiger partial charge in [0.15, 0.2) is 0 Å². The highest BCUT2D eigenvalue weighted by molar-refractivity contribution is 9.10. The van der Waals surface area contributed by atoms with Gasteiger partial charge in [-0.2, -0.15) is 0 Å². The van der Waals surface area contributed by atoms with Gasteiger partial charge in [-0.05, 0) is 48.9 Å². The Bertz CT molecular complexity index is 408. The molecule has 2 rings (SSSR count). The summed E-state index contributed by atoms with van der Waals surface area (Å²) in [7, 11) is 0. The second-order valence-corrected chi connectivity index (χ2v) is 7.16. The molecule has 0 heterocycles. The van der Waals surface area contributed by atoms with Crippen molar-refractivity contribution in [2.75, 3.05) is 6.54 Å². The monoisotopic (exact) mass is 343 g/mol. The van der Waals surface area contributed by atoms with E-state index in [4.69, 9.17) is 11.6 Å². The van der Waals surface area contributed by atoms with Crippen LogP contribution in [0.15, 0.2) is 22.7 Å². The molecule has 0 saturated heterocycles. The molecule has 1 saturated carbocycles. The van der Waals surface area contributed by atoms with Crippen molar-refractivity contribution in [3.8, 4) is 0 Å².